The highest BCUT2D eigenvalue weighted by Gasteiger charge is 2.33. The Balaban J connectivity index is 2.48. The molecule has 1 N–H and O–H groups in total. The number of nitrogens with zero attached hydrogens (tertiary/aromatic N) is 3. The van der Waals surface area contributed by atoms with Crippen LogP contribution in [-0.4, -0.2) is 62.7 Å². The van der Waals surface area contributed by atoms with Crippen molar-refractivity contribution < 1.29 is 18.0 Å². The van der Waals surface area contributed by atoms with Crippen molar-refractivity contribution >= 4 is 50.9 Å². The van der Waals surface area contributed by atoms with Crippen LogP contribution in [0.25, 0.3) is 0 Å². The number of anilines is 1. The van der Waals surface area contributed by atoms with Crippen LogP contribution in [0.3, 0.4) is 0 Å². The summed E-state index contributed by atoms with van der Waals surface area (Å²) in [5, 5.41) is 3.36. The Morgan fingerprint density at radius 3 is 2.09 bits per heavy atom. The molecule has 0 aromatic heterocycles. The Kier molecular flexibility index (Phi) is 9.54. The number of amides is 2. The highest BCUT2D eigenvalue weighted by atomic mass is 35.5. The van der Waals surface area contributed by atoms with E-state index in [1.165, 1.54) is 19.0 Å². The first-order chi connectivity index (χ1) is 15.5. The topological polar surface area (TPSA) is 90.0 Å². The Morgan fingerprint density at radius 1 is 1.00 bits per heavy atom. The van der Waals surface area contributed by atoms with Crippen LogP contribution in [0.4, 0.5) is 5.69 Å². The molecular formula is C22H28Cl2N4O4S. The maximum atomic E-state index is 13.5. The van der Waals surface area contributed by atoms with Gasteiger partial charge in [0.15, 0.2) is 0 Å². The van der Waals surface area contributed by atoms with Crippen LogP contribution in [0.1, 0.15) is 19.4 Å². The molecule has 0 heterocycles. The largest absolute Gasteiger partial charge is 0.355 e. The summed E-state index contributed by atoms with van der Waals surface area (Å²) < 4.78 is 28.1. The van der Waals surface area contributed by atoms with Crippen molar-refractivity contribution in [2.45, 2.75) is 26.4 Å². The zero-order chi connectivity index (χ0) is 24.8. The molecule has 0 aliphatic rings. The lowest BCUT2D eigenvalue weighted by Crippen LogP contribution is -2.52. The highest BCUT2D eigenvalue weighted by Crippen LogP contribution is 2.27. The molecule has 2 amide bonds. The number of carbonyl (C=O) groups is 2. The molecule has 11 heteroatoms. The normalized spacial score (nSPS) is 12.3. The fourth-order valence-corrected chi connectivity index (χ4v) is 4.64. The van der Waals surface area contributed by atoms with E-state index in [4.69, 9.17) is 23.2 Å². The Hall–Kier alpha value is -2.33. The van der Waals surface area contributed by atoms with Gasteiger partial charge in [-0.25, -0.2) is 4.31 Å². The van der Waals surface area contributed by atoms with Crippen molar-refractivity contribution in [3.63, 3.8) is 0 Å². The molecule has 0 saturated heterocycles. The number of hydrogen-bond acceptors (Lipinski definition) is 4. The lowest BCUT2D eigenvalue weighted by atomic mass is 10.1. The summed E-state index contributed by atoms with van der Waals surface area (Å²) in [5.41, 5.74) is 0.785. The van der Waals surface area contributed by atoms with Crippen LogP contribution >= 0.6 is 23.2 Å². The van der Waals surface area contributed by atoms with Gasteiger partial charge in [-0.05, 0) is 38.1 Å². The second-order valence-corrected chi connectivity index (χ2v) is 10.3. The number of likely N-dealkylation sites (N-methyl/N-ethyl adjacent to an activating group) is 1. The van der Waals surface area contributed by atoms with Crippen LogP contribution < -0.4 is 9.62 Å². The Labute approximate surface area is 205 Å². The average Bonchev–Trinajstić information content (AvgIpc) is 2.77. The molecule has 0 bridgehead atoms. The van der Waals surface area contributed by atoms with Gasteiger partial charge < -0.3 is 10.2 Å². The van der Waals surface area contributed by atoms with Crippen molar-refractivity contribution in [1.82, 2.24) is 14.5 Å². The summed E-state index contributed by atoms with van der Waals surface area (Å²) in [6, 6.07) is 12.3. The van der Waals surface area contributed by atoms with Crippen LogP contribution in [-0.2, 0) is 26.3 Å². The summed E-state index contributed by atoms with van der Waals surface area (Å²) in [6.45, 7) is 3.13. The predicted molar refractivity (Wildman–Crippen MR) is 132 cm³/mol. The molecule has 180 valence electrons. The number of hydrogen-bond donors (Lipinski definition) is 1. The van der Waals surface area contributed by atoms with E-state index < -0.39 is 28.7 Å². The van der Waals surface area contributed by atoms with Gasteiger partial charge in [0.05, 0.1) is 5.69 Å². The molecule has 2 aromatic rings. The third-order valence-electron chi connectivity index (χ3n) is 4.97. The first-order valence-corrected chi connectivity index (χ1v) is 12.4. The SMILES string of the molecule is CCNC(=O)[C@H](C)N(Cc1c(Cl)cccc1Cl)C(=O)CN(c1ccccc1)S(=O)(=O)N(C)C. The Morgan fingerprint density at radius 2 is 1.58 bits per heavy atom. The van der Waals surface area contributed by atoms with E-state index in [0.29, 0.717) is 27.8 Å². The van der Waals surface area contributed by atoms with Gasteiger partial charge in [0, 0.05) is 42.8 Å². The highest BCUT2D eigenvalue weighted by molar-refractivity contribution is 7.90. The van der Waals surface area contributed by atoms with Crippen LogP contribution in [0.5, 0.6) is 0 Å². The first-order valence-electron chi connectivity index (χ1n) is 10.3. The molecule has 2 rings (SSSR count). The van der Waals surface area contributed by atoms with E-state index in [1.54, 1.807) is 62.4 Å². The van der Waals surface area contributed by atoms with E-state index in [-0.39, 0.29) is 12.5 Å². The third-order valence-corrected chi connectivity index (χ3v) is 7.50. The number of nitrogens with one attached hydrogen (secondary N) is 1. The van der Waals surface area contributed by atoms with Gasteiger partial charge in [-0.1, -0.05) is 47.5 Å². The summed E-state index contributed by atoms with van der Waals surface area (Å²) in [4.78, 5) is 27.4. The Bertz CT molecular complexity index is 1060. The minimum Gasteiger partial charge on any atom is -0.355 e. The minimum absolute atomic E-state index is 0.0692. The number of para-hydroxylation sites is 1. The molecule has 33 heavy (non-hydrogen) atoms. The lowest BCUT2D eigenvalue weighted by molar-refractivity contribution is -0.139. The van der Waals surface area contributed by atoms with E-state index in [0.717, 1.165) is 8.61 Å². The fourth-order valence-electron chi connectivity index (χ4n) is 3.07. The van der Waals surface area contributed by atoms with E-state index >= 15 is 0 Å². The van der Waals surface area contributed by atoms with Gasteiger partial charge in [-0.15, -0.1) is 0 Å². The van der Waals surface area contributed by atoms with Crippen molar-refractivity contribution in [3.8, 4) is 0 Å². The molecule has 0 saturated carbocycles. The molecule has 0 fully saturated rings. The molecule has 2 aromatic carbocycles. The second-order valence-electron chi connectivity index (χ2n) is 7.42. The third kappa shape index (κ3) is 6.60. The lowest BCUT2D eigenvalue weighted by Gasteiger charge is -2.33. The number of carbonyl (C=O) groups excluding carboxylic acids is 2. The van der Waals surface area contributed by atoms with E-state index in [2.05, 4.69) is 5.32 Å². The van der Waals surface area contributed by atoms with Crippen LogP contribution in [0, 0.1) is 0 Å². The standard InChI is InChI=1S/C22H28Cl2N4O4S/c1-5-25-22(30)16(2)27(14-18-19(23)12-9-13-20(18)24)21(29)15-28(33(31,32)26(3)4)17-10-7-6-8-11-17/h6-13,16H,5,14-15H2,1-4H3,(H,25,30)/t16-/m0/s1. The molecule has 0 aliphatic heterocycles. The van der Waals surface area contributed by atoms with Crippen molar-refractivity contribution in [3.05, 3.63) is 64.1 Å². The number of rotatable bonds is 10. The van der Waals surface area contributed by atoms with Crippen LogP contribution in [0.15, 0.2) is 48.5 Å². The zero-order valence-electron chi connectivity index (χ0n) is 19.0. The van der Waals surface area contributed by atoms with Gasteiger partial charge in [-0.3, -0.25) is 9.59 Å². The van der Waals surface area contributed by atoms with E-state index in [9.17, 15) is 18.0 Å². The quantitative estimate of drug-likeness (QED) is 0.527. The monoisotopic (exact) mass is 514 g/mol. The maximum Gasteiger partial charge on any atom is 0.304 e. The summed E-state index contributed by atoms with van der Waals surface area (Å²) in [5.74, 6) is -0.963. The van der Waals surface area contributed by atoms with E-state index in [1.807, 2.05) is 0 Å². The van der Waals surface area contributed by atoms with Crippen LogP contribution in [0.2, 0.25) is 10.0 Å². The molecule has 0 aliphatic carbocycles. The first kappa shape index (κ1) is 26.9. The number of halogens is 2. The molecule has 0 unspecified atom stereocenters. The summed E-state index contributed by atoms with van der Waals surface area (Å²) >= 11 is 12.6. The van der Waals surface area contributed by atoms with Gasteiger partial charge >= 0.3 is 10.2 Å². The molecule has 0 radical (unpaired) electrons. The summed E-state index contributed by atoms with van der Waals surface area (Å²) in [6.07, 6.45) is 0. The van der Waals surface area contributed by atoms with Gasteiger partial charge in [0.1, 0.15) is 12.6 Å². The molecule has 8 nitrogen and oxygen atoms in total. The molecular weight excluding hydrogens is 487 g/mol. The zero-order valence-corrected chi connectivity index (χ0v) is 21.3. The predicted octanol–water partition coefficient (Wildman–Crippen LogP) is 3.16. The van der Waals surface area contributed by atoms with Gasteiger partial charge in [-0.2, -0.15) is 12.7 Å². The van der Waals surface area contributed by atoms with Crippen molar-refractivity contribution in [2.24, 2.45) is 0 Å². The van der Waals surface area contributed by atoms with Crippen molar-refractivity contribution in [2.75, 3.05) is 31.5 Å². The van der Waals surface area contributed by atoms with Gasteiger partial charge in [0.2, 0.25) is 11.8 Å². The minimum atomic E-state index is -4.00. The average molecular weight is 515 g/mol. The number of benzene rings is 2. The fraction of sp³-hybridized carbons (Fsp3) is 0.364. The smallest absolute Gasteiger partial charge is 0.304 e. The second kappa shape index (κ2) is 11.7. The van der Waals surface area contributed by atoms with Crippen molar-refractivity contribution in [1.29, 1.82) is 0 Å². The van der Waals surface area contributed by atoms with Gasteiger partial charge in [0.25, 0.3) is 0 Å². The molecule has 0 spiro atoms. The maximum absolute atomic E-state index is 13.5. The molecule has 1 atom stereocenters. The summed E-state index contributed by atoms with van der Waals surface area (Å²) in [7, 11) is -1.23.